The molecule has 3 aromatic rings. The highest BCUT2D eigenvalue weighted by Crippen LogP contribution is 2.24. The second-order valence-electron chi connectivity index (χ2n) is 8.26. The summed E-state index contributed by atoms with van der Waals surface area (Å²) in [5.74, 6) is 0.943. The molecular formula is C27H31N3O2. The van der Waals surface area contributed by atoms with Crippen LogP contribution in [-0.2, 0) is 17.9 Å². The maximum atomic E-state index is 12.6. The molecule has 5 heteroatoms. The molecular weight excluding hydrogens is 398 g/mol. The summed E-state index contributed by atoms with van der Waals surface area (Å²) < 4.78 is 5.78. The van der Waals surface area contributed by atoms with Gasteiger partial charge in [0, 0.05) is 38.3 Å². The molecule has 1 aliphatic rings. The van der Waals surface area contributed by atoms with E-state index in [0.717, 1.165) is 30.8 Å². The van der Waals surface area contributed by atoms with Crippen LogP contribution in [0, 0.1) is 0 Å². The molecule has 2 N–H and O–H groups in total. The van der Waals surface area contributed by atoms with Gasteiger partial charge in [-0.25, -0.2) is 0 Å². The van der Waals surface area contributed by atoms with Gasteiger partial charge in [0.2, 0.25) is 5.91 Å². The third-order valence-electron chi connectivity index (χ3n) is 6.06. The lowest BCUT2D eigenvalue weighted by atomic mass is 10.1. The van der Waals surface area contributed by atoms with Crippen LogP contribution in [0.5, 0.6) is 5.75 Å². The lowest BCUT2D eigenvalue weighted by Crippen LogP contribution is -2.41. The number of hydrogen-bond acceptors (Lipinski definition) is 4. The van der Waals surface area contributed by atoms with Crippen LogP contribution in [-0.4, -0.2) is 43.1 Å². The Morgan fingerprint density at radius 1 is 1.12 bits per heavy atom. The first-order chi connectivity index (χ1) is 15.7. The average Bonchev–Trinajstić information content (AvgIpc) is 3.23. The second kappa shape index (κ2) is 10.4. The lowest BCUT2D eigenvalue weighted by molar-refractivity contribution is -0.125. The predicted molar refractivity (Wildman–Crippen MR) is 130 cm³/mol. The molecule has 0 bridgehead atoms. The normalized spacial score (nSPS) is 18.5. The summed E-state index contributed by atoms with van der Waals surface area (Å²) in [7, 11) is 1.71. The fourth-order valence-corrected chi connectivity index (χ4v) is 4.43. The minimum atomic E-state index is -0.142. The Morgan fingerprint density at radius 3 is 2.72 bits per heavy atom. The minimum Gasteiger partial charge on any atom is -0.489 e. The molecule has 2 atom stereocenters. The minimum absolute atomic E-state index is 0.0739. The standard InChI is InChI=1S/C27H31N3O2/c1-3-14-32-26-11-7-6-10-23(26)17-29-24-16-25(27(31)28-2)30(19-24)18-20-12-13-21-8-4-5-9-22(21)15-20/h3-13,15,24-25,29H,1,14,16-19H2,2H3,(H,28,31)/t24-,25+/m1/s1. The number of rotatable bonds is 9. The van der Waals surface area contributed by atoms with Crippen LogP contribution in [0.2, 0.25) is 0 Å². The number of likely N-dealkylation sites (tertiary alicyclic amines) is 1. The first-order valence-electron chi connectivity index (χ1n) is 11.2. The van der Waals surface area contributed by atoms with Gasteiger partial charge in [-0.2, -0.15) is 0 Å². The molecule has 32 heavy (non-hydrogen) atoms. The van der Waals surface area contributed by atoms with Gasteiger partial charge < -0.3 is 15.4 Å². The Hall–Kier alpha value is -3.15. The fraction of sp³-hybridized carbons (Fsp3) is 0.296. The van der Waals surface area contributed by atoms with Crippen LogP contribution in [0.15, 0.2) is 79.4 Å². The summed E-state index contributed by atoms with van der Waals surface area (Å²) in [6.07, 6.45) is 2.53. The number of ether oxygens (including phenoxy) is 1. The van der Waals surface area contributed by atoms with Gasteiger partial charge >= 0.3 is 0 Å². The number of fused-ring (bicyclic) bond motifs is 1. The Labute approximate surface area is 190 Å². The highest BCUT2D eigenvalue weighted by atomic mass is 16.5. The zero-order chi connectivity index (χ0) is 22.3. The number of amides is 1. The van der Waals surface area contributed by atoms with Gasteiger partial charge in [-0.15, -0.1) is 0 Å². The summed E-state index contributed by atoms with van der Waals surface area (Å²) >= 11 is 0. The Bertz CT molecular complexity index is 1080. The highest BCUT2D eigenvalue weighted by molar-refractivity contribution is 5.83. The number of nitrogens with one attached hydrogen (secondary N) is 2. The molecule has 1 heterocycles. The smallest absolute Gasteiger partial charge is 0.237 e. The Morgan fingerprint density at radius 2 is 1.91 bits per heavy atom. The molecule has 0 radical (unpaired) electrons. The first kappa shape index (κ1) is 22.1. The topological polar surface area (TPSA) is 53.6 Å². The summed E-state index contributed by atoms with van der Waals surface area (Å²) in [6, 6.07) is 23.1. The van der Waals surface area contributed by atoms with Crippen molar-refractivity contribution < 1.29 is 9.53 Å². The SMILES string of the molecule is C=CCOc1ccccc1CN[C@@H]1C[C@@H](C(=O)NC)N(Cc2ccc3ccccc3c2)C1. The first-order valence-corrected chi connectivity index (χ1v) is 11.2. The van der Waals surface area contributed by atoms with Crippen LogP contribution in [0.1, 0.15) is 17.5 Å². The number of para-hydroxylation sites is 1. The molecule has 3 aromatic carbocycles. The number of likely N-dealkylation sites (N-methyl/N-ethyl adjacent to an activating group) is 1. The van der Waals surface area contributed by atoms with Gasteiger partial charge in [-0.1, -0.05) is 67.3 Å². The molecule has 0 unspecified atom stereocenters. The Kier molecular flexibility index (Phi) is 7.20. The van der Waals surface area contributed by atoms with E-state index in [1.807, 2.05) is 18.2 Å². The third kappa shape index (κ3) is 5.18. The van der Waals surface area contributed by atoms with Crippen LogP contribution < -0.4 is 15.4 Å². The van der Waals surface area contributed by atoms with Crippen molar-refractivity contribution in [2.24, 2.45) is 0 Å². The van der Waals surface area contributed by atoms with E-state index in [9.17, 15) is 4.79 Å². The second-order valence-corrected chi connectivity index (χ2v) is 8.26. The monoisotopic (exact) mass is 429 g/mol. The van der Waals surface area contributed by atoms with Crippen molar-refractivity contribution in [1.82, 2.24) is 15.5 Å². The van der Waals surface area contributed by atoms with Crippen LogP contribution in [0.25, 0.3) is 10.8 Å². The summed E-state index contributed by atoms with van der Waals surface area (Å²) in [5.41, 5.74) is 2.33. The van der Waals surface area contributed by atoms with Gasteiger partial charge in [0.25, 0.3) is 0 Å². The maximum Gasteiger partial charge on any atom is 0.237 e. The van der Waals surface area contributed by atoms with E-state index >= 15 is 0 Å². The Balaban J connectivity index is 1.44. The maximum absolute atomic E-state index is 12.6. The van der Waals surface area contributed by atoms with Gasteiger partial charge in [-0.3, -0.25) is 9.69 Å². The zero-order valence-electron chi connectivity index (χ0n) is 18.6. The van der Waals surface area contributed by atoms with E-state index in [1.165, 1.54) is 16.3 Å². The summed E-state index contributed by atoms with van der Waals surface area (Å²) in [4.78, 5) is 14.9. The summed E-state index contributed by atoms with van der Waals surface area (Å²) in [5, 5.41) is 8.94. The fourth-order valence-electron chi connectivity index (χ4n) is 4.43. The van der Waals surface area contributed by atoms with Crippen molar-refractivity contribution in [2.45, 2.75) is 31.6 Å². The number of carbonyl (C=O) groups is 1. The van der Waals surface area contributed by atoms with Crippen LogP contribution in [0.4, 0.5) is 0 Å². The van der Waals surface area contributed by atoms with Gasteiger partial charge in [-0.05, 0) is 34.9 Å². The predicted octanol–water partition coefficient (Wildman–Crippen LogP) is 3.88. The molecule has 0 spiro atoms. The number of nitrogens with zero attached hydrogens (tertiary/aromatic N) is 1. The van der Waals surface area contributed by atoms with Crippen LogP contribution >= 0.6 is 0 Å². The molecule has 0 aliphatic carbocycles. The number of carbonyl (C=O) groups excluding carboxylic acids is 1. The van der Waals surface area contributed by atoms with Crippen molar-refractivity contribution in [2.75, 3.05) is 20.2 Å². The van der Waals surface area contributed by atoms with Crippen molar-refractivity contribution >= 4 is 16.7 Å². The highest BCUT2D eigenvalue weighted by Gasteiger charge is 2.36. The number of benzene rings is 3. The van der Waals surface area contributed by atoms with Crippen molar-refractivity contribution in [1.29, 1.82) is 0 Å². The van der Waals surface area contributed by atoms with E-state index in [2.05, 4.69) is 70.6 Å². The number of hydrogen-bond donors (Lipinski definition) is 2. The molecule has 0 aromatic heterocycles. The third-order valence-corrected chi connectivity index (χ3v) is 6.06. The van der Waals surface area contributed by atoms with Crippen molar-refractivity contribution in [3.05, 3.63) is 90.5 Å². The van der Waals surface area contributed by atoms with Gasteiger partial charge in [0.1, 0.15) is 12.4 Å². The zero-order valence-corrected chi connectivity index (χ0v) is 18.6. The van der Waals surface area contributed by atoms with Crippen LogP contribution in [0.3, 0.4) is 0 Å². The van der Waals surface area contributed by atoms with E-state index in [1.54, 1.807) is 13.1 Å². The van der Waals surface area contributed by atoms with Gasteiger partial charge in [0.15, 0.2) is 0 Å². The molecule has 1 amide bonds. The van der Waals surface area contributed by atoms with Crippen molar-refractivity contribution in [3.63, 3.8) is 0 Å². The average molecular weight is 430 g/mol. The van der Waals surface area contributed by atoms with E-state index in [-0.39, 0.29) is 18.0 Å². The van der Waals surface area contributed by atoms with Crippen molar-refractivity contribution in [3.8, 4) is 5.75 Å². The lowest BCUT2D eigenvalue weighted by Gasteiger charge is -2.23. The van der Waals surface area contributed by atoms with E-state index < -0.39 is 0 Å². The molecule has 166 valence electrons. The molecule has 0 saturated carbocycles. The largest absolute Gasteiger partial charge is 0.489 e. The van der Waals surface area contributed by atoms with E-state index in [0.29, 0.717) is 13.2 Å². The quantitative estimate of drug-likeness (QED) is 0.507. The van der Waals surface area contributed by atoms with Gasteiger partial charge in [0.05, 0.1) is 6.04 Å². The molecule has 1 fully saturated rings. The molecule has 5 nitrogen and oxygen atoms in total. The molecule has 1 saturated heterocycles. The van der Waals surface area contributed by atoms with E-state index in [4.69, 9.17) is 4.74 Å². The summed E-state index contributed by atoms with van der Waals surface area (Å²) in [6.45, 7) is 6.47. The molecule has 4 rings (SSSR count). The molecule has 1 aliphatic heterocycles.